The van der Waals surface area contributed by atoms with Crippen molar-refractivity contribution in [2.75, 3.05) is 38.6 Å². The Labute approximate surface area is 135 Å². The van der Waals surface area contributed by atoms with Crippen molar-refractivity contribution in [3.8, 4) is 0 Å². The van der Waals surface area contributed by atoms with Gasteiger partial charge in [-0.3, -0.25) is 9.59 Å². The molecule has 0 spiro atoms. The second-order valence-corrected chi connectivity index (χ2v) is 5.62. The van der Waals surface area contributed by atoms with Crippen LogP contribution in [0.5, 0.6) is 0 Å². The number of hydrogen-bond acceptors (Lipinski definition) is 3. The molecule has 1 aromatic carbocycles. The lowest BCUT2D eigenvalue weighted by molar-refractivity contribution is -0.123. The van der Waals surface area contributed by atoms with E-state index < -0.39 is 5.82 Å². The molecule has 0 aliphatic rings. The van der Waals surface area contributed by atoms with E-state index in [2.05, 4.69) is 5.32 Å². The zero-order valence-electron chi connectivity index (χ0n) is 13.0. The first-order valence-electron chi connectivity index (χ1n) is 6.96. The van der Waals surface area contributed by atoms with Crippen LogP contribution in [0.4, 0.5) is 10.1 Å². The second-order valence-electron chi connectivity index (χ2n) is 5.21. The predicted molar refractivity (Wildman–Crippen MR) is 85.6 cm³/mol. The van der Waals surface area contributed by atoms with E-state index in [0.29, 0.717) is 12.2 Å². The van der Waals surface area contributed by atoms with Crippen LogP contribution in [-0.4, -0.2) is 50.4 Å². The fourth-order valence-electron chi connectivity index (χ4n) is 1.86. The highest BCUT2D eigenvalue weighted by Gasteiger charge is 2.16. The van der Waals surface area contributed by atoms with Gasteiger partial charge in [-0.15, -0.1) is 0 Å². The van der Waals surface area contributed by atoms with Gasteiger partial charge < -0.3 is 15.1 Å². The molecule has 0 heterocycles. The molecule has 0 unspecified atom stereocenters. The summed E-state index contributed by atoms with van der Waals surface area (Å²) in [6, 6.07) is 3.92. The average molecular weight is 330 g/mol. The maximum absolute atomic E-state index is 13.2. The van der Waals surface area contributed by atoms with Gasteiger partial charge in [0.2, 0.25) is 11.8 Å². The molecule has 0 aliphatic heterocycles. The van der Waals surface area contributed by atoms with Crippen molar-refractivity contribution in [1.82, 2.24) is 10.2 Å². The fourth-order valence-corrected chi connectivity index (χ4v) is 2.03. The molecule has 0 saturated heterocycles. The number of rotatable bonds is 7. The van der Waals surface area contributed by atoms with Crippen molar-refractivity contribution in [2.24, 2.45) is 0 Å². The van der Waals surface area contributed by atoms with Gasteiger partial charge in [0.15, 0.2) is 0 Å². The molecule has 22 heavy (non-hydrogen) atoms. The van der Waals surface area contributed by atoms with Gasteiger partial charge >= 0.3 is 0 Å². The third kappa shape index (κ3) is 5.99. The van der Waals surface area contributed by atoms with Crippen LogP contribution >= 0.6 is 11.6 Å². The Morgan fingerprint density at radius 1 is 1.32 bits per heavy atom. The highest BCUT2D eigenvalue weighted by molar-refractivity contribution is 6.31. The number of carbonyl (C=O) groups excluding carboxylic acids is 2. The number of anilines is 1. The third-order valence-electron chi connectivity index (χ3n) is 3.00. The maximum atomic E-state index is 13.2. The molecule has 0 saturated carbocycles. The van der Waals surface area contributed by atoms with Gasteiger partial charge in [-0.1, -0.05) is 11.6 Å². The van der Waals surface area contributed by atoms with E-state index in [-0.39, 0.29) is 23.4 Å². The van der Waals surface area contributed by atoms with Crippen LogP contribution in [0.1, 0.15) is 13.3 Å². The highest BCUT2D eigenvalue weighted by Crippen LogP contribution is 2.22. The molecule has 122 valence electrons. The van der Waals surface area contributed by atoms with Crippen LogP contribution in [0.15, 0.2) is 18.2 Å². The smallest absolute Gasteiger partial charge is 0.240 e. The van der Waals surface area contributed by atoms with E-state index in [1.165, 1.54) is 30.0 Å². The summed E-state index contributed by atoms with van der Waals surface area (Å²) < 4.78 is 13.2. The van der Waals surface area contributed by atoms with Crippen LogP contribution < -0.4 is 10.2 Å². The number of halogens is 2. The Morgan fingerprint density at radius 2 is 2.00 bits per heavy atom. The summed E-state index contributed by atoms with van der Waals surface area (Å²) in [5.41, 5.74) is 0.391. The van der Waals surface area contributed by atoms with Crippen LogP contribution in [0.3, 0.4) is 0 Å². The number of hydrogen-bond donors (Lipinski definition) is 1. The molecule has 0 aliphatic carbocycles. The van der Waals surface area contributed by atoms with Crippen molar-refractivity contribution in [3.05, 3.63) is 29.0 Å². The normalized spacial score (nSPS) is 10.6. The van der Waals surface area contributed by atoms with E-state index >= 15 is 0 Å². The predicted octanol–water partition coefficient (Wildman–Crippen LogP) is 1.90. The molecule has 0 fully saturated rings. The first-order valence-corrected chi connectivity index (χ1v) is 7.33. The summed E-state index contributed by atoms with van der Waals surface area (Å²) in [6.45, 7) is 2.62. The lowest BCUT2D eigenvalue weighted by Gasteiger charge is -2.21. The lowest BCUT2D eigenvalue weighted by atomic mass is 10.2. The number of carbonyl (C=O) groups is 2. The van der Waals surface area contributed by atoms with E-state index in [1.807, 2.05) is 19.0 Å². The Bertz CT molecular complexity index is 538. The molecule has 1 rings (SSSR count). The van der Waals surface area contributed by atoms with Gasteiger partial charge in [-0.2, -0.15) is 0 Å². The standard InChI is InChI=1S/C15H21ClFN3O2/c1-11(21)20(12-5-6-14(17)13(16)9-12)10-15(22)18-7-4-8-19(2)3/h5-6,9H,4,7-8,10H2,1-3H3,(H,18,22). The minimum absolute atomic E-state index is 0.0878. The first kappa shape index (κ1) is 18.4. The SMILES string of the molecule is CC(=O)N(CC(=O)NCCCN(C)C)c1ccc(F)c(Cl)c1. The Morgan fingerprint density at radius 3 is 2.55 bits per heavy atom. The minimum Gasteiger partial charge on any atom is -0.355 e. The molecule has 7 heteroatoms. The van der Waals surface area contributed by atoms with E-state index in [0.717, 1.165) is 13.0 Å². The van der Waals surface area contributed by atoms with Crippen molar-refractivity contribution >= 4 is 29.1 Å². The number of amides is 2. The number of nitrogens with one attached hydrogen (secondary N) is 1. The average Bonchev–Trinajstić information content (AvgIpc) is 2.43. The molecule has 0 atom stereocenters. The Kier molecular flexibility index (Phi) is 7.27. The summed E-state index contributed by atoms with van der Waals surface area (Å²) in [6.07, 6.45) is 0.821. The first-order chi connectivity index (χ1) is 10.3. The molecule has 0 radical (unpaired) electrons. The van der Waals surface area contributed by atoms with Gasteiger partial charge in [0.05, 0.1) is 5.02 Å². The zero-order chi connectivity index (χ0) is 16.7. The molecule has 1 aromatic rings. The molecular formula is C15H21ClFN3O2. The third-order valence-corrected chi connectivity index (χ3v) is 3.29. The molecule has 0 bridgehead atoms. The number of nitrogens with zero attached hydrogens (tertiary/aromatic N) is 2. The van der Waals surface area contributed by atoms with Gasteiger partial charge in [-0.25, -0.2) is 4.39 Å². The minimum atomic E-state index is -0.568. The van der Waals surface area contributed by atoms with Crippen LogP contribution in [0, 0.1) is 5.82 Å². The summed E-state index contributed by atoms with van der Waals surface area (Å²) in [5, 5.41) is 2.66. The molecule has 5 nitrogen and oxygen atoms in total. The van der Waals surface area contributed by atoms with Gasteiger partial charge in [0, 0.05) is 19.2 Å². The zero-order valence-corrected chi connectivity index (χ0v) is 13.8. The second kappa shape index (κ2) is 8.70. The summed E-state index contributed by atoms with van der Waals surface area (Å²) in [4.78, 5) is 26.9. The van der Waals surface area contributed by atoms with Crippen LogP contribution in [0.2, 0.25) is 5.02 Å². The summed E-state index contributed by atoms with van der Waals surface area (Å²) in [7, 11) is 3.91. The van der Waals surface area contributed by atoms with Crippen molar-refractivity contribution < 1.29 is 14.0 Å². The van der Waals surface area contributed by atoms with Crippen LogP contribution in [0.25, 0.3) is 0 Å². The maximum Gasteiger partial charge on any atom is 0.240 e. The number of benzene rings is 1. The summed E-state index contributed by atoms with van der Waals surface area (Å²) >= 11 is 5.71. The fraction of sp³-hybridized carbons (Fsp3) is 0.467. The van der Waals surface area contributed by atoms with Gasteiger partial charge in [0.25, 0.3) is 0 Å². The largest absolute Gasteiger partial charge is 0.355 e. The Balaban J connectivity index is 2.62. The van der Waals surface area contributed by atoms with Crippen molar-refractivity contribution in [2.45, 2.75) is 13.3 Å². The van der Waals surface area contributed by atoms with E-state index in [1.54, 1.807) is 0 Å². The van der Waals surface area contributed by atoms with Crippen molar-refractivity contribution in [3.63, 3.8) is 0 Å². The van der Waals surface area contributed by atoms with Crippen molar-refractivity contribution in [1.29, 1.82) is 0 Å². The van der Waals surface area contributed by atoms with Gasteiger partial charge in [-0.05, 0) is 45.3 Å². The lowest BCUT2D eigenvalue weighted by Crippen LogP contribution is -2.40. The highest BCUT2D eigenvalue weighted by atomic mass is 35.5. The molecule has 2 amide bonds. The quantitative estimate of drug-likeness (QED) is 0.777. The Hall–Kier alpha value is -1.66. The van der Waals surface area contributed by atoms with Crippen LogP contribution in [-0.2, 0) is 9.59 Å². The summed E-state index contributed by atoms with van der Waals surface area (Å²) in [5.74, 6) is -1.15. The van der Waals surface area contributed by atoms with E-state index in [4.69, 9.17) is 11.6 Å². The topological polar surface area (TPSA) is 52.7 Å². The molecule has 0 aromatic heterocycles. The monoisotopic (exact) mass is 329 g/mol. The molecule has 1 N–H and O–H groups in total. The van der Waals surface area contributed by atoms with Gasteiger partial charge in [0.1, 0.15) is 12.4 Å². The molecular weight excluding hydrogens is 309 g/mol. The van der Waals surface area contributed by atoms with E-state index in [9.17, 15) is 14.0 Å².